The average molecular weight is 511 g/mol. The number of benzene rings is 1. The zero-order valence-corrected chi connectivity index (χ0v) is 20.6. The van der Waals surface area contributed by atoms with Crippen LogP contribution in [0.2, 0.25) is 0 Å². The summed E-state index contributed by atoms with van der Waals surface area (Å²) in [5.74, 6) is 0.546. The monoisotopic (exact) mass is 511 g/mol. The lowest BCUT2D eigenvalue weighted by atomic mass is 9.87. The predicted molar refractivity (Wildman–Crippen MR) is 123 cm³/mol. The molecule has 6 nitrogen and oxygen atoms in total. The second-order valence-corrected chi connectivity index (χ2v) is 10.0. The van der Waals surface area contributed by atoms with Gasteiger partial charge in [0.15, 0.2) is 15.8 Å². The zero-order valence-electron chi connectivity index (χ0n) is 17.4. The van der Waals surface area contributed by atoms with Crippen molar-refractivity contribution in [1.29, 1.82) is 0 Å². The summed E-state index contributed by atoms with van der Waals surface area (Å²) in [6, 6.07) is 7.13. The first kappa shape index (κ1) is 26.1. The molecule has 0 saturated carbocycles. The Morgan fingerprint density at radius 2 is 1.63 bits per heavy atom. The highest BCUT2D eigenvalue weighted by atomic mass is 127. The minimum absolute atomic E-state index is 0. The average Bonchev–Trinajstić information content (AvgIpc) is 2.57. The van der Waals surface area contributed by atoms with Crippen molar-refractivity contribution in [2.75, 3.05) is 33.0 Å². The van der Waals surface area contributed by atoms with Crippen molar-refractivity contribution in [3.05, 3.63) is 29.8 Å². The van der Waals surface area contributed by atoms with Crippen LogP contribution in [-0.2, 0) is 20.0 Å². The minimum atomic E-state index is -3.34. The van der Waals surface area contributed by atoms with Gasteiger partial charge in [-0.1, -0.05) is 32.9 Å². The van der Waals surface area contributed by atoms with Crippen molar-refractivity contribution in [3.8, 4) is 0 Å². The van der Waals surface area contributed by atoms with Gasteiger partial charge >= 0.3 is 0 Å². The summed E-state index contributed by atoms with van der Waals surface area (Å²) in [6.45, 7) is 11.1. The van der Waals surface area contributed by atoms with Crippen molar-refractivity contribution in [3.63, 3.8) is 0 Å². The standard InChI is InChI=1S/C19H33N3O3S.HI/c1-18(2,3)15-8-10-16(11-9-15)26(23,24)13-12-21-17(20-6)22-14-19(4,5)25-7;/h8-11H,12-14H2,1-7H3,(H2,20,21,22);1H. The molecule has 0 aromatic heterocycles. The van der Waals surface area contributed by atoms with Gasteiger partial charge in [-0.15, -0.1) is 24.0 Å². The van der Waals surface area contributed by atoms with E-state index in [2.05, 4.69) is 36.4 Å². The first-order valence-corrected chi connectivity index (χ1v) is 10.4. The van der Waals surface area contributed by atoms with Crippen molar-refractivity contribution < 1.29 is 13.2 Å². The molecule has 2 N–H and O–H groups in total. The summed E-state index contributed by atoms with van der Waals surface area (Å²) in [5, 5.41) is 6.16. The maximum Gasteiger partial charge on any atom is 0.191 e. The zero-order chi connectivity index (χ0) is 20.0. The molecule has 1 aromatic carbocycles. The molecule has 0 aliphatic carbocycles. The van der Waals surface area contributed by atoms with Crippen LogP contribution < -0.4 is 10.6 Å². The largest absolute Gasteiger partial charge is 0.377 e. The molecule has 156 valence electrons. The van der Waals surface area contributed by atoms with Crippen LogP contribution in [0.5, 0.6) is 0 Å². The number of halogens is 1. The highest BCUT2D eigenvalue weighted by Crippen LogP contribution is 2.23. The van der Waals surface area contributed by atoms with E-state index >= 15 is 0 Å². The second kappa shape index (κ2) is 10.6. The van der Waals surface area contributed by atoms with Crippen molar-refractivity contribution >= 4 is 39.8 Å². The topological polar surface area (TPSA) is 79.8 Å². The molecule has 0 saturated heterocycles. The fourth-order valence-electron chi connectivity index (χ4n) is 2.17. The van der Waals surface area contributed by atoms with Crippen LogP contribution in [0.3, 0.4) is 0 Å². The maximum atomic E-state index is 12.5. The number of guanidine groups is 1. The van der Waals surface area contributed by atoms with Crippen LogP contribution in [0.25, 0.3) is 0 Å². The second-order valence-electron chi connectivity index (χ2n) is 7.91. The van der Waals surface area contributed by atoms with Crippen LogP contribution in [0, 0.1) is 0 Å². The number of nitrogens with one attached hydrogen (secondary N) is 2. The molecule has 27 heavy (non-hydrogen) atoms. The number of aliphatic imine (C=N–C) groups is 1. The highest BCUT2D eigenvalue weighted by molar-refractivity contribution is 14.0. The predicted octanol–water partition coefficient (Wildman–Crippen LogP) is 2.97. The normalized spacial score (nSPS) is 13.1. The molecule has 1 rings (SSSR count). The maximum absolute atomic E-state index is 12.5. The molecule has 0 aliphatic rings. The van der Waals surface area contributed by atoms with E-state index in [4.69, 9.17) is 4.74 Å². The van der Waals surface area contributed by atoms with Crippen molar-refractivity contribution in [2.24, 2.45) is 4.99 Å². The molecule has 0 aliphatic heterocycles. The van der Waals surface area contributed by atoms with Crippen LogP contribution >= 0.6 is 24.0 Å². The van der Waals surface area contributed by atoms with Gasteiger partial charge in [0.1, 0.15) is 0 Å². The van der Waals surface area contributed by atoms with Gasteiger partial charge in [0.2, 0.25) is 0 Å². The van der Waals surface area contributed by atoms with E-state index in [0.29, 0.717) is 17.4 Å². The van der Waals surface area contributed by atoms with Crippen LogP contribution in [0.4, 0.5) is 0 Å². The van der Waals surface area contributed by atoms with E-state index in [0.717, 1.165) is 5.56 Å². The number of rotatable bonds is 7. The quantitative estimate of drug-likeness (QED) is 0.335. The van der Waals surface area contributed by atoms with E-state index in [9.17, 15) is 8.42 Å². The minimum Gasteiger partial charge on any atom is -0.377 e. The smallest absolute Gasteiger partial charge is 0.191 e. The molecule has 8 heteroatoms. The van der Waals surface area contributed by atoms with Gasteiger partial charge in [0.25, 0.3) is 0 Å². The molecule has 0 radical (unpaired) electrons. The van der Waals surface area contributed by atoms with E-state index in [1.165, 1.54) is 0 Å². The molecule has 0 heterocycles. The number of hydrogen-bond acceptors (Lipinski definition) is 4. The van der Waals surface area contributed by atoms with E-state index < -0.39 is 9.84 Å². The first-order valence-electron chi connectivity index (χ1n) is 8.74. The summed E-state index contributed by atoms with van der Waals surface area (Å²) in [4.78, 5) is 4.44. The Bertz CT molecular complexity index is 709. The van der Waals surface area contributed by atoms with E-state index in [1.54, 1.807) is 26.3 Å². The molecule has 0 amide bonds. The Kier molecular flexibility index (Phi) is 10.3. The molecular formula is C19H34IN3O3S. The number of methoxy groups -OCH3 is 1. The molecule has 0 bridgehead atoms. The summed E-state index contributed by atoms with van der Waals surface area (Å²) < 4.78 is 30.4. The van der Waals surface area contributed by atoms with Gasteiger partial charge in [-0.25, -0.2) is 8.42 Å². The Morgan fingerprint density at radius 3 is 2.07 bits per heavy atom. The number of nitrogens with zero attached hydrogens (tertiary/aromatic N) is 1. The fourth-order valence-corrected chi connectivity index (χ4v) is 3.33. The lowest BCUT2D eigenvalue weighted by Crippen LogP contribution is -2.46. The third-order valence-corrected chi connectivity index (χ3v) is 5.93. The molecule has 0 fully saturated rings. The van der Waals surface area contributed by atoms with Gasteiger partial charge in [-0.3, -0.25) is 4.99 Å². The first-order chi connectivity index (χ1) is 11.9. The van der Waals surface area contributed by atoms with Crippen molar-refractivity contribution in [2.45, 2.75) is 50.5 Å². The third-order valence-electron chi connectivity index (χ3n) is 4.20. The summed E-state index contributed by atoms with van der Waals surface area (Å²) in [6.07, 6.45) is 0. The summed E-state index contributed by atoms with van der Waals surface area (Å²) in [7, 11) is -0.0485. The summed E-state index contributed by atoms with van der Waals surface area (Å²) in [5.41, 5.74) is 0.774. The van der Waals surface area contributed by atoms with E-state index in [1.807, 2.05) is 26.0 Å². The van der Waals surface area contributed by atoms with Gasteiger partial charge in [0, 0.05) is 27.2 Å². The Hall–Kier alpha value is -0.870. The van der Waals surface area contributed by atoms with Crippen LogP contribution in [0.1, 0.15) is 40.2 Å². The molecular weight excluding hydrogens is 477 g/mol. The van der Waals surface area contributed by atoms with Gasteiger partial charge in [-0.05, 0) is 37.0 Å². The lowest BCUT2D eigenvalue weighted by molar-refractivity contribution is 0.0268. The van der Waals surface area contributed by atoms with Crippen LogP contribution in [-0.4, -0.2) is 53.0 Å². The number of ether oxygens (including phenoxy) is 1. The Balaban J connectivity index is 0.00000676. The van der Waals surface area contributed by atoms with Crippen molar-refractivity contribution in [1.82, 2.24) is 10.6 Å². The Labute approximate surface area is 181 Å². The van der Waals surface area contributed by atoms with Gasteiger partial charge in [0.05, 0.1) is 16.2 Å². The lowest BCUT2D eigenvalue weighted by Gasteiger charge is -2.24. The summed E-state index contributed by atoms with van der Waals surface area (Å²) >= 11 is 0. The van der Waals surface area contributed by atoms with Gasteiger partial charge < -0.3 is 15.4 Å². The van der Waals surface area contributed by atoms with E-state index in [-0.39, 0.29) is 47.3 Å². The van der Waals surface area contributed by atoms with Gasteiger partial charge in [-0.2, -0.15) is 0 Å². The fraction of sp³-hybridized carbons (Fsp3) is 0.632. The number of sulfone groups is 1. The molecule has 0 spiro atoms. The van der Waals surface area contributed by atoms with Crippen LogP contribution in [0.15, 0.2) is 34.2 Å². The Morgan fingerprint density at radius 1 is 1.07 bits per heavy atom. The third kappa shape index (κ3) is 8.78. The molecule has 0 atom stereocenters. The number of hydrogen-bond donors (Lipinski definition) is 2. The highest BCUT2D eigenvalue weighted by Gasteiger charge is 2.19. The SMILES string of the molecule is CN=C(NCCS(=O)(=O)c1ccc(C(C)(C)C)cc1)NCC(C)(C)OC.I. The molecule has 0 unspecified atom stereocenters. The molecule has 1 aromatic rings.